The van der Waals surface area contributed by atoms with E-state index in [2.05, 4.69) is 15.6 Å². The molecule has 0 saturated heterocycles. The molecule has 4 aromatic rings. The molecule has 1 aromatic heterocycles. The second-order valence-corrected chi connectivity index (χ2v) is 7.62. The summed E-state index contributed by atoms with van der Waals surface area (Å²) in [4.78, 5) is 17.0. The van der Waals surface area contributed by atoms with E-state index in [-0.39, 0.29) is 19.0 Å². The van der Waals surface area contributed by atoms with Crippen LogP contribution in [-0.4, -0.2) is 39.9 Å². The molecular weight excluding hydrogens is 423 g/mol. The second-order valence-electron chi connectivity index (χ2n) is 7.62. The van der Waals surface area contributed by atoms with Gasteiger partial charge in [0.2, 0.25) is 0 Å². The number of carbonyl (C=O) groups is 1. The standard InChI is InChI=1S/C25H25FN4O3/c26-19-12-10-18(11-13-19)23(15-30-17-28-22-8-4-5-9-24(22)30)29-25(32)27-14-20(31)16-33-21-6-2-1-3-7-21/h1-13,17,20,23,31H,14-16H2,(H2,27,29,32). The molecule has 33 heavy (non-hydrogen) atoms. The molecule has 1 heterocycles. The summed E-state index contributed by atoms with van der Waals surface area (Å²) < 4.78 is 20.9. The molecule has 2 amide bonds. The van der Waals surface area contributed by atoms with Crippen molar-refractivity contribution in [2.45, 2.75) is 18.7 Å². The number of urea groups is 1. The topological polar surface area (TPSA) is 88.4 Å². The van der Waals surface area contributed by atoms with Crippen molar-refractivity contribution in [3.63, 3.8) is 0 Å². The fraction of sp³-hybridized carbons (Fsp3) is 0.200. The number of imidazole rings is 1. The Labute approximate surface area is 190 Å². The van der Waals surface area contributed by atoms with Crippen LogP contribution in [0.2, 0.25) is 0 Å². The van der Waals surface area contributed by atoms with Crippen LogP contribution >= 0.6 is 0 Å². The molecule has 0 saturated carbocycles. The Bertz CT molecular complexity index is 1180. The van der Waals surface area contributed by atoms with Crippen molar-refractivity contribution in [3.8, 4) is 5.75 Å². The van der Waals surface area contributed by atoms with Gasteiger partial charge in [-0.15, -0.1) is 0 Å². The van der Waals surface area contributed by atoms with Gasteiger partial charge in [0.1, 0.15) is 24.3 Å². The summed E-state index contributed by atoms with van der Waals surface area (Å²) in [5.41, 5.74) is 2.53. The monoisotopic (exact) mass is 448 g/mol. The fourth-order valence-electron chi connectivity index (χ4n) is 3.47. The third-order valence-corrected chi connectivity index (χ3v) is 5.17. The molecule has 0 radical (unpaired) electrons. The number of ether oxygens (including phenoxy) is 1. The largest absolute Gasteiger partial charge is 0.491 e. The third kappa shape index (κ3) is 6.08. The molecule has 3 N–H and O–H groups in total. The molecule has 0 fully saturated rings. The van der Waals surface area contributed by atoms with Gasteiger partial charge < -0.3 is 25.0 Å². The van der Waals surface area contributed by atoms with Gasteiger partial charge in [0.15, 0.2) is 0 Å². The van der Waals surface area contributed by atoms with Crippen LogP contribution in [0, 0.1) is 5.82 Å². The van der Waals surface area contributed by atoms with Crippen molar-refractivity contribution in [2.24, 2.45) is 0 Å². The van der Waals surface area contributed by atoms with Crippen LogP contribution in [0.25, 0.3) is 11.0 Å². The van der Waals surface area contributed by atoms with E-state index in [1.807, 2.05) is 47.0 Å². The number of aliphatic hydroxyl groups excluding tert-OH is 1. The maximum Gasteiger partial charge on any atom is 0.315 e. The molecule has 0 aliphatic heterocycles. The molecule has 8 heteroatoms. The van der Waals surface area contributed by atoms with Gasteiger partial charge in [-0.3, -0.25) is 0 Å². The number of nitrogens with zero attached hydrogens (tertiary/aromatic N) is 2. The van der Waals surface area contributed by atoms with Crippen molar-refractivity contribution < 1.29 is 19.0 Å². The summed E-state index contributed by atoms with van der Waals surface area (Å²) in [5.74, 6) is 0.293. The van der Waals surface area contributed by atoms with Crippen LogP contribution < -0.4 is 15.4 Å². The number of halogens is 1. The van der Waals surface area contributed by atoms with E-state index in [1.54, 1.807) is 30.6 Å². The van der Waals surface area contributed by atoms with E-state index in [0.717, 1.165) is 16.6 Å². The Kier molecular flexibility index (Phi) is 7.16. The van der Waals surface area contributed by atoms with E-state index in [0.29, 0.717) is 12.3 Å². The first kappa shape index (κ1) is 22.3. The number of fused-ring (bicyclic) bond motifs is 1. The van der Waals surface area contributed by atoms with E-state index in [1.165, 1.54) is 12.1 Å². The summed E-state index contributed by atoms with van der Waals surface area (Å²) in [6.07, 6.45) is 0.837. The molecule has 4 rings (SSSR count). The number of hydrogen-bond acceptors (Lipinski definition) is 4. The molecule has 7 nitrogen and oxygen atoms in total. The number of para-hydroxylation sites is 3. The quantitative estimate of drug-likeness (QED) is 0.365. The summed E-state index contributed by atoms with van der Waals surface area (Å²) in [5, 5.41) is 15.7. The van der Waals surface area contributed by atoms with Gasteiger partial charge in [0.05, 0.1) is 23.4 Å². The molecule has 2 unspecified atom stereocenters. The summed E-state index contributed by atoms with van der Waals surface area (Å²) in [6.45, 7) is 0.467. The molecular formula is C25H25FN4O3. The highest BCUT2D eigenvalue weighted by atomic mass is 19.1. The lowest BCUT2D eigenvalue weighted by molar-refractivity contribution is 0.107. The predicted octanol–water partition coefficient (Wildman–Crippen LogP) is 3.66. The summed E-state index contributed by atoms with van der Waals surface area (Å²) >= 11 is 0. The number of benzene rings is 3. The van der Waals surface area contributed by atoms with Crippen LogP contribution in [0.3, 0.4) is 0 Å². The minimum absolute atomic E-state index is 0.0167. The Morgan fingerprint density at radius 2 is 1.76 bits per heavy atom. The third-order valence-electron chi connectivity index (χ3n) is 5.17. The first-order valence-electron chi connectivity index (χ1n) is 10.6. The molecule has 0 bridgehead atoms. The van der Waals surface area contributed by atoms with Gasteiger partial charge in [0, 0.05) is 13.1 Å². The zero-order valence-electron chi connectivity index (χ0n) is 17.9. The lowest BCUT2D eigenvalue weighted by Crippen LogP contribution is -2.43. The van der Waals surface area contributed by atoms with Crippen LogP contribution in [0.1, 0.15) is 11.6 Å². The number of hydrogen-bond donors (Lipinski definition) is 3. The normalized spacial score (nSPS) is 12.8. The maximum atomic E-state index is 13.4. The Hall–Kier alpha value is -3.91. The smallest absolute Gasteiger partial charge is 0.315 e. The van der Waals surface area contributed by atoms with Gasteiger partial charge in [-0.1, -0.05) is 42.5 Å². The minimum atomic E-state index is -0.877. The van der Waals surface area contributed by atoms with Gasteiger partial charge in [0.25, 0.3) is 0 Å². The lowest BCUT2D eigenvalue weighted by atomic mass is 10.1. The predicted molar refractivity (Wildman–Crippen MR) is 123 cm³/mol. The zero-order valence-corrected chi connectivity index (χ0v) is 17.9. The van der Waals surface area contributed by atoms with Gasteiger partial charge in [-0.2, -0.15) is 0 Å². The number of rotatable bonds is 9. The van der Waals surface area contributed by atoms with Gasteiger partial charge in [-0.05, 0) is 42.0 Å². The van der Waals surface area contributed by atoms with E-state index < -0.39 is 18.2 Å². The lowest BCUT2D eigenvalue weighted by Gasteiger charge is -2.21. The first-order valence-corrected chi connectivity index (χ1v) is 10.6. The van der Waals surface area contributed by atoms with E-state index in [4.69, 9.17) is 4.74 Å². The molecule has 0 spiro atoms. The Morgan fingerprint density at radius 1 is 1.03 bits per heavy atom. The summed E-state index contributed by atoms with van der Waals surface area (Å²) in [6, 6.07) is 21.9. The zero-order chi connectivity index (χ0) is 23.0. The highest BCUT2D eigenvalue weighted by Crippen LogP contribution is 2.20. The fourth-order valence-corrected chi connectivity index (χ4v) is 3.47. The van der Waals surface area contributed by atoms with Gasteiger partial charge in [-0.25, -0.2) is 14.2 Å². The average Bonchev–Trinajstić information content (AvgIpc) is 3.25. The Balaban J connectivity index is 1.38. The number of aliphatic hydroxyl groups is 1. The van der Waals surface area contributed by atoms with Gasteiger partial charge >= 0.3 is 6.03 Å². The van der Waals surface area contributed by atoms with Crippen LogP contribution in [-0.2, 0) is 6.54 Å². The number of aromatic nitrogens is 2. The van der Waals surface area contributed by atoms with E-state index in [9.17, 15) is 14.3 Å². The SMILES string of the molecule is O=C(NCC(O)COc1ccccc1)NC(Cn1cnc2ccccc21)c1ccc(F)cc1. The molecule has 2 atom stereocenters. The minimum Gasteiger partial charge on any atom is -0.491 e. The molecule has 3 aromatic carbocycles. The summed E-state index contributed by atoms with van der Waals surface area (Å²) in [7, 11) is 0. The maximum absolute atomic E-state index is 13.4. The second kappa shape index (κ2) is 10.6. The van der Waals surface area contributed by atoms with Crippen LogP contribution in [0.4, 0.5) is 9.18 Å². The van der Waals surface area contributed by atoms with Crippen molar-refractivity contribution in [3.05, 3.63) is 96.6 Å². The molecule has 0 aliphatic rings. The van der Waals surface area contributed by atoms with Crippen molar-refractivity contribution in [2.75, 3.05) is 13.2 Å². The first-order chi connectivity index (χ1) is 16.1. The average molecular weight is 448 g/mol. The van der Waals surface area contributed by atoms with Crippen molar-refractivity contribution in [1.82, 2.24) is 20.2 Å². The number of nitrogens with one attached hydrogen (secondary N) is 2. The number of amides is 2. The molecule has 170 valence electrons. The van der Waals surface area contributed by atoms with Crippen LogP contribution in [0.15, 0.2) is 85.2 Å². The highest BCUT2D eigenvalue weighted by Gasteiger charge is 2.18. The van der Waals surface area contributed by atoms with Crippen LogP contribution in [0.5, 0.6) is 5.75 Å². The number of carbonyl (C=O) groups excluding carboxylic acids is 1. The van der Waals surface area contributed by atoms with Crippen molar-refractivity contribution >= 4 is 17.1 Å². The van der Waals surface area contributed by atoms with Crippen molar-refractivity contribution in [1.29, 1.82) is 0 Å². The highest BCUT2D eigenvalue weighted by molar-refractivity contribution is 5.76. The Morgan fingerprint density at radius 3 is 2.55 bits per heavy atom. The van der Waals surface area contributed by atoms with E-state index >= 15 is 0 Å². The molecule has 0 aliphatic carbocycles.